The van der Waals surface area contributed by atoms with Gasteiger partial charge in [-0.05, 0) is 55.1 Å². The molecule has 0 spiro atoms. The fraction of sp³-hybridized carbons (Fsp3) is 0.500. The van der Waals surface area contributed by atoms with Crippen LogP contribution in [0.4, 0.5) is 0 Å². The number of carbonyl (C=O) groups excluding carboxylic acids is 1. The first kappa shape index (κ1) is 14.8. The van der Waals surface area contributed by atoms with Crippen molar-refractivity contribution in [2.45, 2.75) is 31.3 Å². The fourth-order valence-corrected chi connectivity index (χ4v) is 4.39. The van der Waals surface area contributed by atoms with E-state index in [-0.39, 0.29) is 5.52 Å². The molecule has 0 heterocycles. The largest absolute Gasteiger partial charge is 0.496 e. The maximum atomic E-state index is 12.5. The van der Waals surface area contributed by atoms with E-state index < -0.39 is 0 Å². The van der Waals surface area contributed by atoms with Crippen molar-refractivity contribution < 1.29 is 14.3 Å². The quantitative estimate of drug-likeness (QED) is 0.750. The van der Waals surface area contributed by atoms with Crippen molar-refractivity contribution in [3.8, 4) is 11.5 Å². The molecule has 0 aliphatic heterocycles. The van der Waals surface area contributed by atoms with Gasteiger partial charge in [0.1, 0.15) is 17.1 Å². The second-order valence-electron chi connectivity index (χ2n) is 4.61. The van der Waals surface area contributed by atoms with Crippen molar-refractivity contribution >= 4 is 30.0 Å². The molecule has 3 nitrogen and oxygen atoms in total. The normalized spacial score (nSPS) is 16.2. The molecule has 1 aliphatic carbocycles. The molecule has 1 aromatic carbocycles. The molecule has 1 fully saturated rings. The van der Waals surface area contributed by atoms with E-state index in [0.717, 1.165) is 4.47 Å². The highest BCUT2D eigenvalue weighted by molar-refractivity contribution is 9.10. The van der Waals surface area contributed by atoms with Crippen LogP contribution in [-0.2, 0) is 0 Å². The van der Waals surface area contributed by atoms with Gasteiger partial charge in [0.2, 0.25) is 0 Å². The van der Waals surface area contributed by atoms with Crippen LogP contribution in [0.2, 0.25) is 0 Å². The van der Waals surface area contributed by atoms with Gasteiger partial charge < -0.3 is 9.47 Å². The first-order valence-electron chi connectivity index (χ1n) is 6.38. The van der Waals surface area contributed by atoms with Gasteiger partial charge in [-0.3, -0.25) is 4.79 Å². The summed E-state index contributed by atoms with van der Waals surface area (Å²) in [6.45, 7) is 0. The lowest BCUT2D eigenvalue weighted by atomic mass is 10.2. The second-order valence-corrected chi connectivity index (χ2v) is 7.03. The zero-order valence-electron chi connectivity index (χ0n) is 11.2. The lowest BCUT2D eigenvalue weighted by Crippen LogP contribution is -2.05. The Bertz CT molecular complexity index is 470. The first-order chi connectivity index (χ1) is 9.17. The van der Waals surface area contributed by atoms with Gasteiger partial charge in [0.25, 0.3) is 0 Å². The molecule has 2 rings (SSSR count). The van der Waals surface area contributed by atoms with Crippen molar-refractivity contribution in [1.29, 1.82) is 0 Å². The number of benzene rings is 1. The molecule has 1 aromatic rings. The molecule has 0 bridgehead atoms. The molecule has 104 valence electrons. The zero-order chi connectivity index (χ0) is 13.8. The minimum atomic E-state index is 0.141. The zero-order valence-corrected chi connectivity index (χ0v) is 13.7. The molecule has 0 radical (unpaired) electrons. The van der Waals surface area contributed by atoms with Crippen LogP contribution in [0.1, 0.15) is 36.0 Å². The third kappa shape index (κ3) is 3.29. The highest BCUT2D eigenvalue weighted by atomic mass is 79.9. The van der Waals surface area contributed by atoms with Gasteiger partial charge in [-0.2, -0.15) is 0 Å². The Kier molecular flexibility index (Phi) is 5.23. The summed E-state index contributed by atoms with van der Waals surface area (Å²) < 4.78 is 11.5. The number of halogens is 1. The van der Waals surface area contributed by atoms with Gasteiger partial charge in [0.15, 0.2) is 5.52 Å². The average molecular weight is 345 g/mol. The summed E-state index contributed by atoms with van der Waals surface area (Å²) >= 11 is 3.42. The molecule has 0 saturated heterocycles. The fourth-order valence-electron chi connectivity index (χ4n) is 2.45. The number of hydrogen-bond donors (Lipinski definition) is 0. The summed E-state index contributed by atoms with van der Waals surface area (Å²) in [6, 6.07) is 3.64. The van der Waals surface area contributed by atoms with E-state index in [1.807, 2.05) is 6.07 Å². The number of rotatable bonds is 5. The van der Waals surface area contributed by atoms with E-state index in [1.165, 1.54) is 25.7 Å². The maximum Gasteiger partial charge on any atom is 0.188 e. The third-order valence-electron chi connectivity index (χ3n) is 3.41. The maximum absolute atomic E-state index is 12.5. The van der Waals surface area contributed by atoms with E-state index in [4.69, 9.17) is 9.47 Å². The molecule has 1 saturated carbocycles. The van der Waals surface area contributed by atoms with Crippen LogP contribution in [0.25, 0.3) is 0 Å². The Labute approximate surface area is 124 Å². The number of methoxy groups -OCH3 is 2. The van der Waals surface area contributed by atoms with Gasteiger partial charge >= 0.3 is 0 Å². The van der Waals surface area contributed by atoms with E-state index in [1.54, 1.807) is 20.3 Å². The predicted octanol–water partition coefficient (Wildman–Crippen LogP) is 4.23. The van der Waals surface area contributed by atoms with E-state index >= 15 is 0 Å². The topological polar surface area (TPSA) is 35.5 Å². The third-order valence-corrected chi connectivity index (χ3v) is 5.54. The Morgan fingerprint density at radius 2 is 1.95 bits per heavy atom. The SMILES string of the molecule is COc1ccc(Br)c(OC)c1C(=O)PC1CCCC1. The van der Waals surface area contributed by atoms with Crippen molar-refractivity contribution in [1.82, 2.24) is 0 Å². The van der Waals surface area contributed by atoms with Crippen LogP contribution < -0.4 is 9.47 Å². The summed E-state index contributed by atoms with van der Waals surface area (Å²) in [6.07, 6.45) is 4.83. The predicted molar refractivity (Wildman–Crippen MR) is 82.1 cm³/mol. The summed E-state index contributed by atoms with van der Waals surface area (Å²) in [4.78, 5) is 12.5. The smallest absolute Gasteiger partial charge is 0.188 e. The Hall–Kier alpha value is -0.600. The molecule has 0 aromatic heterocycles. The van der Waals surface area contributed by atoms with E-state index in [2.05, 4.69) is 15.9 Å². The highest BCUT2D eigenvalue weighted by Crippen LogP contribution is 2.43. The van der Waals surface area contributed by atoms with Crippen molar-refractivity contribution in [3.63, 3.8) is 0 Å². The Morgan fingerprint density at radius 3 is 2.53 bits per heavy atom. The average Bonchev–Trinajstić information content (AvgIpc) is 2.91. The summed E-state index contributed by atoms with van der Waals surface area (Å²) in [5.74, 6) is 1.17. The molecule has 5 heteroatoms. The highest BCUT2D eigenvalue weighted by Gasteiger charge is 2.25. The van der Waals surface area contributed by atoms with Crippen LogP contribution in [-0.4, -0.2) is 25.4 Å². The van der Waals surface area contributed by atoms with Gasteiger partial charge in [-0.25, -0.2) is 0 Å². The monoisotopic (exact) mass is 344 g/mol. The standard InChI is InChI=1S/C14H18BrO3P/c1-17-11-8-7-10(15)13(18-2)12(11)14(16)19-9-5-3-4-6-9/h7-9,19H,3-6H2,1-2H3. The molecule has 1 atom stereocenters. The van der Waals surface area contributed by atoms with Crippen LogP contribution in [0.5, 0.6) is 11.5 Å². The van der Waals surface area contributed by atoms with Gasteiger partial charge in [0, 0.05) is 0 Å². The molecule has 1 unspecified atom stereocenters. The van der Waals surface area contributed by atoms with Crippen LogP contribution in [0.15, 0.2) is 16.6 Å². The van der Waals surface area contributed by atoms with E-state index in [9.17, 15) is 4.79 Å². The lowest BCUT2D eigenvalue weighted by molar-refractivity contribution is 0.107. The minimum Gasteiger partial charge on any atom is -0.496 e. The summed E-state index contributed by atoms with van der Waals surface area (Å²) in [7, 11) is 3.47. The Balaban J connectivity index is 2.30. The van der Waals surface area contributed by atoms with Crippen LogP contribution in [0, 0.1) is 0 Å². The summed E-state index contributed by atoms with van der Waals surface area (Å²) in [5, 5.41) is 0. The second kappa shape index (κ2) is 6.71. The first-order valence-corrected chi connectivity index (χ1v) is 8.25. The van der Waals surface area contributed by atoms with Gasteiger partial charge in [-0.1, -0.05) is 12.8 Å². The molecular weight excluding hydrogens is 327 g/mol. The minimum absolute atomic E-state index is 0.141. The number of carbonyl (C=O) groups is 1. The van der Waals surface area contributed by atoms with Crippen molar-refractivity contribution in [3.05, 3.63) is 22.2 Å². The lowest BCUT2D eigenvalue weighted by Gasteiger charge is -2.15. The van der Waals surface area contributed by atoms with Gasteiger partial charge in [0.05, 0.1) is 18.7 Å². The summed E-state index contributed by atoms with van der Waals surface area (Å²) in [5.41, 5.74) is 1.26. The number of ether oxygens (including phenoxy) is 2. The van der Waals surface area contributed by atoms with Crippen LogP contribution in [0.3, 0.4) is 0 Å². The van der Waals surface area contributed by atoms with E-state index in [0.29, 0.717) is 31.3 Å². The van der Waals surface area contributed by atoms with Crippen molar-refractivity contribution in [2.24, 2.45) is 0 Å². The molecule has 0 N–H and O–H groups in total. The van der Waals surface area contributed by atoms with Gasteiger partial charge in [-0.15, -0.1) is 0 Å². The molecular formula is C14H18BrO3P. The van der Waals surface area contributed by atoms with Crippen LogP contribution >= 0.6 is 24.5 Å². The Morgan fingerprint density at radius 1 is 1.26 bits per heavy atom. The van der Waals surface area contributed by atoms with Crippen molar-refractivity contribution in [2.75, 3.05) is 14.2 Å². The number of hydrogen-bond acceptors (Lipinski definition) is 3. The molecule has 1 aliphatic rings. The molecule has 19 heavy (non-hydrogen) atoms. The molecule has 0 amide bonds.